The van der Waals surface area contributed by atoms with Gasteiger partial charge in [0.15, 0.2) is 0 Å². The van der Waals surface area contributed by atoms with Crippen molar-refractivity contribution in [2.45, 2.75) is 44.9 Å². The Hall–Kier alpha value is -1.43. The largest absolute Gasteiger partial charge is 0.380 e. The molecule has 5 heteroatoms. The molecule has 0 saturated heterocycles. The maximum Gasteiger partial charge on any atom is 0.222 e. The van der Waals surface area contributed by atoms with Gasteiger partial charge in [-0.2, -0.15) is 0 Å². The molecule has 0 radical (unpaired) electrons. The zero-order valence-electron chi connectivity index (χ0n) is 14.1. The summed E-state index contributed by atoms with van der Waals surface area (Å²) < 4.78 is 5.12. The number of amides is 1. The van der Waals surface area contributed by atoms with Gasteiger partial charge in [-0.25, -0.2) is 0 Å². The zero-order chi connectivity index (χ0) is 16.6. The third-order valence-electron chi connectivity index (χ3n) is 3.64. The number of nitrogens with two attached hydrogens (primary N) is 1. The van der Waals surface area contributed by atoms with Crippen molar-refractivity contribution in [3.05, 3.63) is 35.9 Å². The van der Waals surface area contributed by atoms with Crippen LogP contribution in [0.3, 0.4) is 0 Å². The van der Waals surface area contributed by atoms with Crippen LogP contribution in [-0.2, 0) is 9.53 Å². The molecule has 5 nitrogen and oxygen atoms in total. The van der Waals surface area contributed by atoms with E-state index in [0.717, 1.165) is 0 Å². The standard InChI is InChI=1S/C17H29N3O2/c1-13(14-8-6-5-7-9-14)20-17(2,3)12-19-16(21)10-15(11-18)22-4/h5-9,13,15,20H,10-12,18H2,1-4H3,(H,19,21). The van der Waals surface area contributed by atoms with E-state index in [4.69, 9.17) is 10.5 Å². The van der Waals surface area contributed by atoms with Crippen molar-refractivity contribution in [2.24, 2.45) is 5.73 Å². The SMILES string of the molecule is COC(CN)CC(=O)NCC(C)(C)NC(C)c1ccccc1. The molecule has 0 aromatic heterocycles. The molecule has 0 aliphatic carbocycles. The van der Waals surface area contributed by atoms with Crippen LogP contribution in [0.25, 0.3) is 0 Å². The van der Waals surface area contributed by atoms with E-state index in [1.165, 1.54) is 5.56 Å². The second-order valence-electron chi connectivity index (χ2n) is 6.23. The van der Waals surface area contributed by atoms with Crippen molar-refractivity contribution >= 4 is 5.91 Å². The molecule has 2 atom stereocenters. The summed E-state index contributed by atoms with van der Waals surface area (Å²) in [6, 6.07) is 10.5. The van der Waals surface area contributed by atoms with E-state index in [2.05, 4.69) is 43.5 Å². The first-order valence-corrected chi connectivity index (χ1v) is 7.70. The zero-order valence-corrected chi connectivity index (χ0v) is 14.1. The summed E-state index contributed by atoms with van der Waals surface area (Å²) in [7, 11) is 1.57. The second-order valence-corrected chi connectivity index (χ2v) is 6.23. The van der Waals surface area contributed by atoms with Gasteiger partial charge in [0.1, 0.15) is 0 Å². The molecular formula is C17H29N3O2. The normalized spacial score (nSPS) is 14.4. The van der Waals surface area contributed by atoms with Crippen LogP contribution in [0.5, 0.6) is 0 Å². The van der Waals surface area contributed by atoms with Gasteiger partial charge >= 0.3 is 0 Å². The van der Waals surface area contributed by atoms with Crippen LogP contribution in [0.2, 0.25) is 0 Å². The van der Waals surface area contributed by atoms with Gasteiger partial charge in [0.05, 0.1) is 12.5 Å². The Morgan fingerprint density at radius 2 is 1.95 bits per heavy atom. The van der Waals surface area contributed by atoms with Crippen molar-refractivity contribution in [1.29, 1.82) is 0 Å². The predicted octanol–water partition coefficient (Wildman–Crippen LogP) is 1.60. The number of carbonyl (C=O) groups excluding carboxylic acids is 1. The molecule has 1 rings (SSSR count). The van der Waals surface area contributed by atoms with Gasteiger partial charge in [-0.05, 0) is 26.3 Å². The minimum atomic E-state index is -0.223. The molecule has 0 fully saturated rings. The number of hydrogen-bond acceptors (Lipinski definition) is 4. The quantitative estimate of drug-likeness (QED) is 0.647. The van der Waals surface area contributed by atoms with Gasteiger partial charge in [0.2, 0.25) is 5.91 Å². The van der Waals surface area contributed by atoms with Gasteiger partial charge in [-0.3, -0.25) is 4.79 Å². The predicted molar refractivity (Wildman–Crippen MR) is 89.5 cm³/mol. The molecule has 1 amide bonds. The van der Waals surface area contributed by atoms with Gasteiger partial charge in [-0.15, -0.1) is 0 Å². The molecule has 1 aromatic rings. The van der Waals surface area contributed by atoms with Crippen LogP contribution in [0.15, 0.2) is 30.3 Å². The van der Waals surface area contributed by atoms with E-state index >= 15 is 0 Å². The molecule has 4 N–H and O–H groups in total. The van der Waals surface area contributed by atoms with Crippen LogP contribution in [0, 0.1) is 0 Å². The molecule has 0 saturated carbocycles. The average Bonchev–Trinajstić information content (AvgIpc) is 2.51. The van der Waals surface area contributed by atoms with Gasteiger partial charge in [0.25, 0.3) is 0 Å². The minimum absolute atomic E-state index is 0.0421. The Balaban J connectivity index is 2.45. The van der Waals surface area contributed by atoms with Gasteiger partial charge in [-0.1, -0.05) is 30.3 Å². The first-order chi connectivity index (χ1) is 10.4. The summed E-state index contributed by atoms with van der Waals surface area (Å²) in [6.07, 6.45) is 0.0661. The lowest BCUT2D eigenvalue weighted by Gasteiger charge is -2.31. The molecule has 0 aliphatic rings. The van der Waals surface area contributed by atoms with Crippen LogP contribution < -0.4 is 16.4 Å². The van der Waals surface area contributed by atoms with Crippen molar-refractivity contribution in [2.75, 3.05) is 20.2 Å². The first kappa shape index (κ1) is 18.6. The van der Waals surface area contributed by atoms with Crippen LogP contribution in [-0.4, -0.2) is 37.7 Å². The van der Waals surface area contributed by atoms with Crippen LogP contribution in [0.4, 0.5) is 0 Å². The Bertz CT molecular complexity index is 444. The minimum Gasteiger partial charge on any atom is -0.380 e. The number of carbonyl (C=O) groups is 1. The first-order valence-electron chi connectivity index (χ1n) is 7.70. The number of rotatable bonds is 9. The number of benzene rings is 1. The van der Waals surface area contributed by atoms with Crippen molar-refractivity contribution in [3.8, 4) is 0 Å². The lowest BCUT2D eigenvalue weighted by atomic mass is 10.0. The van der Waals surface area contributed by atoms with E-state index in [9.17, 15) is 4.79 Å². The lowest BCUT2D eigenvalue weighted by Crippen LogP contribution is -2.50. The number of hydrogen-bond donors (Lipinski definition) is 3. The molecule has 124 valence electrons. The summed E-state index contributed by atoms with van der Waals surface area (Å²) in [6.45, 7) is 7.15. The molecule has 0 heterocycles. The van der Waals surface area contributed by atoms with Gasteiger partial charge in [0, 0.05) is 31.8 Å². The molecule has 1 aromatic carbocycles. The van der Waals surface area contributed by atoms with Crippen molar-refractivity contribution in [3.63, 3.8) is 0 Å². The Morgan fingerprint density at radius 1 is 1.32 bits per heavy atom. The highest BCUT2D eigenvalue weighted by atomic mass is 16.5. The third-order valence-corrected chi connectivity index (χ3v) is 3.64. The molecule has 22 heavy (non-hydrogen) atoms. The highest BCUT2D eigenvalue weighted by Gasteiger charge is 2.22. The molecule has 0 spiro atoms. The fourth-order valence-corrected chi connectivity index (χ4v) is 2.32. The van der Waals surface area contributed by atoms with E-state index in [0.29, 0.717) is 13.1 Å². The van der Waals surface area contributed by atoms with E-state index in [-0.39, 0.29) is 30.0 Å². The summed E-state index contributed by atoms with van der Waals surface area (Å²) >= 11 is 0. The van der Waals surface area contributed by atoms with Crippen molar-refractivity contribution in [1.82, 2.24) is 10.6 Å². The smallest absolute Gasteiger partial charge is 0.222 e. The highest BCUT2D eigenvalue weighted by molar-refractivity contribution is 5.76. The maximum atomic E-state index is 11.9. The third kappa shape index (κ3) is 6.56. The second kappa shape index (κ2) is 8.88. The monoisotopic (exact) mass is 307 g/mol. The Labute approximate surface area is 133 Å². The van der Waals surface area contributed by atoms with E-state index in [1.807, 2.05) is 18.2 Å². The highest BCUT2D eigenvalue weighted by Crippen LogP contribution is 2.15. The van der Waals surface area contributed by atoms with Crippen molar-refractivity contribution < 1.29 is 9.53 Å². The Morgan fingerprint density at radius 3 is 2.50 bits per heavy atom. The Kier molecular flexibility index (Phi) is 7.51. The van der Waals surface area contributed by atoms with E-state index < -0.39 is 0 Å². The fourth-order valence-electron chi connectivity index (χ4n) is 2.32. The van der Waals surface area contributed by atoms with Gasteiger partial charge < -0.3 is 21.1 Å². The maximum absolute atomic E-state index is 11.9. The summed E-state index contributed by atoms with van der Waals surface area (Å²) in [5.41, 5.74) is 6.54. The van der Waals surface area contributed by atoms with Crippen LogP contribution in [0.1, 0.15) is 38.8 Å². The summed E-state index contributed by atoms with van der Waals surface area (Å²) in [5.74, 6) is -0.0421. The fraction of sp³-hybridized carbons (Fsp3) is 0.588. The average molecular weight is 307 g/mol. The number of ether oxygens (including phenoxy) is 1. The molecule has 2 unspecified atom stereocenters. The number of nitrogens with one attached hydrogen (secondary N) is 2. The summed E-state index contributed by atoms with van der Waals surface area (Å²) in [5, 5.41) is 6.48. The van der Waals surface area contributed by atoms with Crippen LogP contribution >= 0.6 is 0 Å². The van der Waals surface area contributed by atoms with E-state index in [1.54, 1.807) is 7.11 Å². The lowest BCUT2D eigenvalue weighted by molar-refractivity contribution is -0.123. The summed E-state index contributed by atoms with van der Waals surface area (Å²) in [4.78, 5) is 11.9. The molecular weight excluding hydrogens is 278 g/mol. The topological polar surface area (TPSA) is 76.4 Å². The molecule has 0 bridgehead atoms. The number of methoxy groups -OCH3 is 1. The molecule has 0 aliphatic heterocycles.